The third-order valence-electron chi connectivity index (χ3n) is 3.79. The molecule has 2 rings (SSSR count). The summed E-state index contributed by atoms with van der Waals surface area (Å²) in [5.74, 6) is 2.56. The molecular weight excluding hydrogens is 228 g/mol. The molecule has 1 aromatic rings. The van der Waals surface area contributed by atoms with Crippen molar-refractivity contribution in [3.05, 3.63) is 11.9 Å². The van der Waals surface area contributed by atoms with Crippen LogP contribution in [0.15, 0.2) is 6.07 Å². The Morgan fingerprint density at radius 3 is 2.67 bits per heavy atom. The minimum Gasteiger partial charge on any atom is -0.394 e. The van der Waals surface area contributed by atoms with Crippen LogP contribution in [-0.2, 0) is 0 Å². The molecule has 5 heteroatoms. The van der Waals surface area contributed by atoms with Gasteiger partial charge in [-0.2, -0.15) is 0 Å². The van der Waals surface area contributed by atoms with Gasteiger partial charge in [0.15, 0.2) is 0 Å². The first-order valence-electron chi connectivity index (χ1n) is 6.53. The molecule has 0 saturated heterocycles. The number of nitrogens with zero attached hydrogens (tertiary/aromatic N) is 2. The van der Waals surface area contributed by atoms with E-state index < -0.39 is 0 Å². The fourth-order valence-electron chi connectivity index (χ4n) is 2.56. The monoisotopic (exact) mass is 250 g/mol. The molecule has 0 bridgehead atoms. The summed E-state index contributed by atoms with van der Waals surface area (Å²) in [6, 6.07) is 1.72. The molecule has 0 unspecified atom stereocenters. The Labute approximate surface area is 108 Å². The smallest absolute Gasteiger partial charge is 0.132 e. The zero-order valence-corrected chi connectivity index (χ0v) is 11.1. The van der Waals surface area contributed by atoms with Crippen molar-refractivity contribution < 1.29 is 5.11 Å². The molecule has 100 valence electrons. The lowest BCUT2D eigenvalue weighted by Gasteiger charge is -2.39. The van der Waals surface area contributed by atoms with Gasteiger partial charge in [-0.25, -0.2) is 9.97 Å². The molecule has 0 amide bonds. The third kappa shape index (κ3) is 2.90. The van der Waals surface area contributed by atoms with E-state index >= 15 is 0 Å². The molecule has 1 aromatic heterocycles. The quantitative estimate of drug-likeness (QED) is 0.760. The normalized spacial score (nSPS) is 28.1. The van der Waals surface area contributed by atoms with Crippen molar-refractivity contribution in [2.45, 2.75) is 45.1 Å². The highest BCUT2D eigenvalue weighted by atomic mass is 16.3. The number of aliphatic hydroxyl groups excluding tert-OH is 1. The van der Waals surface area contributed by atoms with Crippen molar-refractivity contribution >= 4 is 11.6 Å². The molecule has 1 aliphatic carbocycles. The zero-order valence-electron chi connectivity index (χ0n) is 11.1. The van der Waals surface area contributed by atoms with Crippen LogP contribution in [-0.4, -0.2) is 27.2 Å². The second kappa shape index (κ2) is 5.10. The maximum Gasteiger partial charge on any atom is 0.132 e. The standard InChI is InChI=1S/C13H22N4O/c1-9-3-5-13(8-18,6-4-9)17-12-7-11(14)15-10(2)16-12/h7,9,18H,3-6,8H2,1-2H3,(H3,14,15,16,17). The van der Waals surface area contributed by atoms with Crippen LogP contribution in [0, 0.1) is 12.8 Å². The van der Waals surface area contributed by atoms with Crippen LogP contribution < -0.4 is 11.1 Å². The first kappa shape index (κ1) is 13.1. The van der Waals surface area contributed by atoms with Gasteiger partial charge in [-0.3, -0.25) is 0 Å². The van der Waals surface area contributed by atoms with Crippen LogP contribution in [0.25, 0.3) is 0 Å². The van der Waals surface area contributed by atoms with Gasteiger partial charge in [0, 0.05) is 6.07 Å². The summed E-state index contributed by atoms with van der Waals surface area (Å²) in [5, 5.41) is 13.1. The van der Waals surface area contributed by atoms with Crippen molar-refractivity contribution in [2.24, 2.45) is 5.92 Å². The maximum atomic E-state index is 9.69. The number of hydrogen-bond donors (Lipinski definition) is 3. The van der Waals surface area contributed by atoms with E-state index in [1.54, 1.807) is 6.07 Å². The Kier molecular flexibility index (Phi) is 3.71. The van der Waals surface area contributed by atoms with Gasteiger partial charge >= 0.3 is 0 Å². The van der Waals surface area contributed by atoms with Gasteiger partial charge in [0.25, 0.3) is 0 Å². The van der Waals surface area contributed by atoms with E-state index in [1.807, 2.05) is 6.92 Å². The summed E-state index contributed by atoms with van der Waals surface area (Å²) < 4.78 is 0. The molecule has 18 heavy (non-hydrogen) atoms. The van der Waals surface area contributed by atoms with E-state index in [9.17, 15) is 5.11 Å². The van der Waals surface area contributed by atoms with E-state index in [0.717, 1.165) is 31.6 Å². The SMILES string of the molecule is Cc1nc(N)cc(NC2(CO)CCC(C)CC2)n1. The number of aromatic nitrogens is 2. The summed E-state index contributed by atoms with van der Waals surface area (Å²) >= 11 is 0. The third-order valence-corrected chi connectivity index (χ3v) is 3.79. The summed E-state index contributed by atoms with van der Waals surface area (Å²) in [5.41, 5.74) is 5.47. The average molecular weight is 250 g/mol. The van der Waals surface area contributed by atoms with E-state index in [4.69, 9.17) is 5.73 Å². The highest BCUT2D eigenvalue weighted by Crippen LogP contribution is 2.34. The summed E-state index contributed by atoms with van der Waals surface area (Å²) in [6.07, 6.45) is 4.20. The van der Waals surface area contributed by atoms with Gasteiger partial charge < -0.3 is 16.2 Å². The predicted molar refractivity (Wildman–Crippen MR) is 72.3 cm³/mol. The number of nitrogens with one attached hydrogen (secondary N) is 1. The molecule has 0 atom stereocenters. The fraction of sp³-hybridized carbons (Fsp3) is 0.692. The Balaban J connectivity index is 2.14. The topological polar surface area (TPSA) is 84.1 Å². The van der Waals surface area contributed by atoms with Gasteiger partial charge in [-0.1, -0.05) is 6.92 Å². The van der Waals surface area contributed by atoms with E-state index in [-0.39, 0.29) is 12.1 Å². The minimum absolute atomic E-state index is 0.128. The molecule has 5 nitrogen and oxygen atoms in total. The maximum absolute atomic E-state index is 9.69. The zero-order chi connectivity index (χ0) is 13.2. The number of anilines is 2. The van der Waals surface area contributed by atoms with Gasteiger partial charge in [0.2, 0.25) is 0 Å². The Morgan fingerprint density at radius 2 is 2.11 bits per heavy atom. The van der Waals surface area contributed by atoms with E-state index in [0.29, 0.717) is 17.5 Å². The van der Waals surface area contributed by atoms with Crippen LogP contribution in [0.2, 0.25) is 0 Å². The van der Waals surface area contributed by atoms with Crippen LogP contribution >= 0.6 is 0 Å². The molecule has 0 radical (unpaired) electrons. The number of rotatable bonds is 3. The Bertz CT molecular complexity index is 393. The van der Waals surface area contributed by atoms with Crippen LogP contribution in [0.5, 0.6) is 0 Å². The Hall–Kier alpha value is -1.36. The molecule has 0 aliphatic heterocycles. The largest absolute Gasteiger partial charge is 0.394 e. The van der Waals surface area contributed by atoms with Crippen molar-refractivity contribution in [3.8, 4) is 0 Å². The number of aryl methyl sites for hydroxylation is 1. The van der Waals surface area contributed by atoms with Gasteiger partial charge in [-0.05, 0) is 38.5 Å². The van der Waals surface area contributed by atoms with Gasteiger partial charge in [0.05, 0.1) is 12.1 Å². The lowest BCUT2D eigenvalue weighted by molar-refractivity contribution is 0.155. The summed E-state index contributed by atoms with van der Waals surface area (Å²) in [7, 11) is 0. The van der Waals surface area contributed by atoms with Gasteiger partial charge in [0.1, 0.15) is 17.5 Å². The van der Waals surface area contributed by atoms with Crippen LogP contribution in [0.4, 0.5) is 11.6 Å². The summed E-state index contributed by atoms with van der Waals surface area (Å²) in [6.45, 7) is 4.20. The number of nitrogen functional groups attached to an aromatic ring is 1. The van der Waals surface area contributed by atoms with Crippen molar-refractivity contribution in [1.29, 1.82) is 0 Å². The second-order valence-corrected chi connectivity index (χ2v) is 5.47. The van der Waals surface area contributed by atoms with Crippen molar-refractivity contribution in [3.63, 3.8) is 0 Å². The minimum atomic E-state index is -0.250. The van der Waals surface area contributed by atoms with Gasteiger partial charge in [-0.15, -0.1) is 0 Å². The highest BCUT2D eigenvalue weighted by molar-refractivity contribution is 5.46. The second-order valence-electron chi connectivity index (χ2n) is 5.47. The number of hydrogen-bond acceptors (Lipinski definition) is 5. The lowest BCUT2D eigenvalue weighted by atomic mass is 9.77. The number of aliphatic hydroxyl groups is 1. The highest BCUT2D eigenvalue weighted by Gasteiger charge is 2.33. The van der Waals surface area contributed by atoms with Crippen molar-refractivity contribution in [2.75, 3.05) is 17.7 Å². The molecular formula is C13H22N4O. The van der Waals surface area contributed by atoms with Crippen molar-refractivity contribution in [1.82, 2.24) is 9.97 Å². The Morgan fingerprint density at radius 1 is 1.44 bits per heavy atom. The molecule has 1 heterocycles. The lowest BCUT2D eigenvalue weighted by Crippen LogP contribution is -2.45. The molecule has 1 saturated carbocycles. The van der Waals surface area contributed by atoms with E-state index in [2.05, 4.69) is 22.2 Å². The van der Waals surface area contributed by atoms with Crippen LogP contribution in [0.3, 0.4) is 0 Å². The number of nitrogens with two attached hydrogens (primary N) is 1. The van der Waals surface area contributed by atoms with Crippen LogP contribution in [0.1, 0.15) is 38.4 Å². The molecule has 1 fully saturated rings. The first-order valence-corrected chi connectivity index (χ1v) is 6.53. The molecule has 0 spiro atoms. The predicted octanol–water partition coefficient (Wildman–Crippen LogP) is 1.72. The first-order chi connectivity index (χ1) is 8.53. The molecule has 0 aromatic carbocycles. The molecule has 4 N–H and O–H groups in total. The fourth-order valence-corrected chi connectivity index (χ4v) is 2.56. The summed E-state index contributed by atoms with van der Waals surface area (Å²) in [4.78, 5) is 8.38. The van der Waals surface area contributed by atoms with E-state index in [1.165, 1.54) is 0 Å². The average Bonchev–Trinajstić information content (AvgIpc) is 2.31. The molecule has 1 aliphatic rings.